The van der Waals surface area contributed by atoms with E-state index in [4.69, 9.17) is 9.47 Å². The highest BCUT2D eigenvalue weighted by Crippen LogP contribution is 2.26. The highest BCUT2D eigenvalue weighted by molar-refractivity contribution is 5.35. The summed E-state index contributed by atoms with van der Waals surface area (Å²) in [7, 11) is 0. The summed E-state index contributed by atoms with van der Waals surface area (Å²) >= 11 is 0. The summed E-state index contributed by atoms with van der Waals surface area (Å²) < 4.78 is 11.3. The lowest BCUT2D eigenvalue weighted by Gasteiger charge is -2.15. The maximum Gasteiger partial charge on any atom is 0.125 e. The molecule has 1 atom stereocenters. The van der Waals surface area contributed by atoms with E-state index in [1.165, 1.54) is 0 Å². The fourth-order valence-corrected chi connectivity index (χ4v) is 1.94. The van der Waals surface area contributed by atoms with E-state index in [9.17, 15) is 5.11 Å². The van der Waals surface area contributed by atoms with E-state index in [1.807, 2.05) is 61.5 Å². The number of aliphatic hydroxyl groups excluding tert-OH is 1. The molecule has 0 aromatic heterocycles. The number of hydrogen-bond acceptors (Lipinski definition) is 3. The SMILES string of the molecule is CC[C@H](O)c1ccccc1OCCOc1ccccc1. The fraction of sp³-hybridized carbons (Fsp3) is 0.294. The van der Waals surface area contributed by atoms with Crippen molar-refractivity contribution in [2.45, 2.75) is 19.4 Å². The van der Waals surface area contributed by atoms with E-state index in [-0.39, 0.29) is 0 Å². The lowest BCUT2D eigenvalue weighted by atomic mass is 10.1. The predicted octanol–water partition coefficient (Wildman–Crippen LogP) is 3.59. The van der Waals surface area contributed by atoms with Gasteiger partial charge in [0.2, 0.25) is 0 Å². The van der Waals surface area contributed by atoms with Crippen molar-refractivity contribution in [1.82, 2.24) is 0 Å². The summed E-state index contributed by atoms with van der Waals surface area (Å²) in [4.78, 5) is 0. The number of hydrogen-bond donors (Lipinski definition) is 1. The normalized spacial score (nSPS) is 11.9. The largest absolute Gasteiger partial charge is 0.490 e. The molecule has 0 aliphatic heterocycles. The van der Waals surface area contributed by atoms with Gasteiger partial charge in [0.05, 0.1) is 6.10 Å². The first-order valence-electron chi connectivity index (χ1n) is 6.89. The van der Waals surface area contributed by atoms with Gasteiger partial charge in [-0.3, -0.25) is 0 Å². The molecule has 0 fully saturated rings. The van der Waals surface area contributed by atoms with Crippen molar-refractivity contribution in [3.63, 3.8) is 0 Å². The Balaban J connectivity index is 1.85. The first-order chi connectivity index (χ1) is 9.81. The van der Waals surface area contributed by atoms with Crippen LogP contribution in [0.25, 0.3) is 0 Å². The van der Waals surface area contributed by atoms with E-state index in [0.717, 1.165) is 17.1 Å². The summed E-state index contributed by atoms with van der Waals surface area (Å²) in [5, 5.41) is 9.93. The zero-order valence-electron chi connectivity index (χ0n) is 11.7. The third-order valence-electron chi connectivity index (χ3n) is 3.02. The van der Waals surface area contributed by atoms with Crippen molar-refractivity contribution in [3.8, 4) is 11.5 Å². The smallest absolute Gasteiger partial charge is 0.125 e. The lowest BCUT2D eigenvalue weighted by molar-refractivity contribution is 0.162. The second-order valence-electron chi connectivity index (χ2n) is 4.47. The minimum atomic E-state index is -0.485. The van der Waals surface area contributed by atoms with Crippen LogP contribution in [-0.4, -0.2) is 18.3 Å². The molecular weight excluding hydrogens is 252 g/mol. The van der Waals surface area contributed by atoms with Gasteiger partial charge in [-0.25, -0.2) is 0 Å². The number of aliphatic hydroxyl groups is 1. The maximum atomic E-state index is 9.93. The van der Waals surface area contributed by atoms with Crippen molar-refractivity contribution in [1.29, 1.82) is 0 Å². The zero-order valence-corrected chi connectivity index (χ0v) is 11.7. The van der Waals surface area contributed by atoms with Crippen molar-refractivity contribution in [3.05, 3.63) is 60.2 Å². The van der Waals surface area contributed by atoms with E-state index in [0.29, 0.717) is 19.6 Å². The topological polar surface area (TPSA) is 38.7 Å². The van der Waals surface area contributed by atoms with Gasteiger partial charge in [-0.1, -0.05) is 43.3 Å². The third-order valence-corrected chi connectivity index (χ3v) is 3.02. The third kappa shape index (κ3) is 4.00. The van der Waals surface area contributed by atoms with Gasteiger partial charge in [-0.15, -0.1) is 0 Å². The predicted molar refractivity (Wildman–Crippen MR) is 79.1 cm³/mol. The van der Waals surface area contributed by atoms with Crippen LogP contribution in [0.5, 0.6) is 11.5 Å². The minimum Gasteiger partial charge on any atom is -0.490 e. The molecule has 2 rings (SSSR count). The van der Waals surface area contributed by atoms with Crippen LogP contribution in [0.3, 0.4) is 0 Å². The summed E-state index contributed by atoms with van der Waals surface area (Å²) in [5.41, 5.74) is 0.828. The molecule has 0 saturated carbocycles. The molecule has 3 nitrogen and oxygen atoms in total. The van der Waals surface area contributed by atoms with Gasteiger partial charge in [-0.05, 0) is 24.6 Å². The Morgan fingerprint density at radius 1 is 0.900 bits per heavy atom. The average molecular weight is 272 g/mol. The molecular formula is C17H20O3. The van der Waals surface area contributed by atoms with Gasteiger partial charge in [-0.2, -0.15) is 0 Å². The molecule has 0 unspecified atom stereocenters. The van der Waals surface area contributed by atoms with Gasteiger partial charge in [0, 0.05) is 5.56 Å². The molecule has 0 bridgehead atoms. The Morgan fingerprint density at radius 3 is 2.30 bits per heavy atom. The van der Waals surface area contributed by atoms with Crippen molar-refractivity contribution >= 4 is 0 Å². The zero-order chi connectivity index (χ0) is 14.2. The summed E-state index contributed by atoms with van der Waals surface area (Å²) in [6.45, 7) is 2.86. The van der Waals surface area contributed by atoms with Gasteiger partial charge in [0.1, 0.15) is 24.7 Å². The molecule has 0 amide bonds. The number of rotatable bonds is 7. The van der Waals surface area contributed by atoms with Crippen LogP contribution < -0.4 is 9.47 Å². The van der Waals surface area contributed by atoms with Crippen LogP contribution in [0.2, 0.25) is 0 Å². The summed E-state index contributed by atoms with van der Waals surface area (Å²) in [6, 6.07) is 17.2. The molecule has 0 saturated heterocycles. The van der Waals surface area contributed by atoms with Crippen LogP contribution in [-0.2, 0) is 0 Å². The highest BCUT2D eigenvalue weighted by Gasteiger charge is 2.10. The standard InChI is InChI=1S/C17H20O3/c1-2-16(18)15-10-6-7-11-17(15)20-13-12-19-14-8-4-3-5-9-14/h3-11,16,18H,2,12-13H2,1H3/t16-/m0/s1. The van der Waals surface area contributed by atoms with Gasteiger partial charge >= 0.3 is 0 Å². The van der Waals surface area contributed by atoms with E-state index < -0.39 is 6.10 Å². The maximum absolute atomic E-state index is 9.93. The first kappa shape index (κ1) is 14.4. The highest BCUT2D eigenvalue weighted by atomic mass is 16.5. The molecule has 106 valence electrons. The quantitative estimate of drug-likeness (QED) is 0.783. The molecule has 20 heavy (non-hydrogen) atoms. The molecule has 1 N–H and O–H groups in total. The Morgan fingerprint density at radius 2 is 1.55 bits per heavy atom. The first-order valence-corrected chi connectivity index (χ1v) is 6.89. The molecule has 0 aliphatic rings. The lowest BCUT2D eigenvalue weighted by Crippen LogP contribution is -2.10. The van der Waals surface area contributed by atoms with Crippen LogP contribution >= 0.6 is 0 Å². The van der Waals surface area contributed by atoms with Gasteiger partial charge in [0.15, 0.2) is 0 Å². The van der Waals surface area contributed by atoms with Crippen molar-refractivity contribution < 1.29 is 14.6 Å². The van der Waals surface area contributed by atoms with Crippen molar-refractivity contribution in [2.75, 3.05) is 13.2 Å². The van der Waals surface area contributed by atoms with E-state index in [2.05, 4.69) is 0 Å². The molecule has 0 radical (unpaired) electrons. The average Bonchev–Trinajstić information content (AvgIpc) is 2.52. The van der Waals surface area contributed by atoms with Crippen LogP contribution in [0, 0.1) is 0 Å². The molecule has 0 aliphatic carbocycles. The second-order valence-corrected chi connectivity index (χ2v) is 4.47. The number of benzene rings is 2. The van der Waals surface area contributed by atoms with Crippen molar-refractivity contribution in [2.24, 2.45) is 0 Å². The number of para-hydroxylation sites is 2. The van der Waals surface area contributed by atoms with Crippen LogP contribution in [0.4, 0.5) is 0 Å². The molecule has 2 aromatic rings. The Labute approximate surface area is 119 Å². The minimum absolute atomic E-state index is 0.447. The second kappa shape index (κ2) is 7.56. The fourth-order valence-electron chi connectivity index (χ4n) is 1.94. The molecule has 0 heterocycles. The monoisotopic (exact) mass is 272 g/mol. The summed E-state index contributed by atoms with van der Waals surface area (Å²) in [5.74, 6) is 1.55. The van der Waals surface area contributed by atoms with Gasteiger partial charge in [0.25, 0.3) is 0 Å². The summed E-state index contributed by atoms with van der Waals surface area (Å²) in [6.07, 6.45) is 0.183. The molecule has 2 aromatic carbocycles. The Hall–Kier alpha value is -2.00. The Bertz CT molecular complexity index is 511. The van der Waals surface area contributed by atoms with E-state index in [1.54, 1.807) is 0 Å². The van der Waals surface area contributed by atoms with Crippen LogP contribution in [0.15, 0.2) is 54.6 Å². The van der Waals surface area contributed by atoms with Crippen LogP contribution in [0.1, 0.15) is 25.0 Å². The molecule has 0 spiro atoms. The molecule has 3 heteroatoms. The van der Waals surface area contributed by atoms with Gasteiger partial charge < -0.3 is 14.6 Å². The van der Waals surface area contributed by atoms with E-state index >= 15 is 0 Å². The number of ether oxygens (including phenoxy) is 2. The Kier molecular flexibility index (Phi) is 5.44.